The van der Waals surface area contributed by atoms with E-state index >= 15 is 0 Å². The molecule has 2 fully saturated rings. The highest BCUT2D eigenvalue weighted by Gasteiger charge is 2.33. The van der Waals surface area contributed by atoms with Gasteiger partial charge < -0.3 is 14.8 Å². The van der Waals surface area contributed by atoms with E-state index in [1.54, 1.807) is 0 Å². The highest BCUT2D eigenvalue weighted by Crippen LogP contribution is 2.28. The molecule has 2 rings (SSSR count). The van der Waals surface area contributed by atoms with Gasteiger partial charge in [-0.15, -0.1) is 0 Å². The number of nitrogens with one attached hydrogen (secondary N) is 1. The van der Waals surface area contributed by atoms with Gasteiger partial charge in [0.1, 0.15) is 12.4 Å². The van der Waals surface area contributed by atoms with E-state index in [2.05, 4.69) is 5.32 Å². The van der Waals surface area contributed by atoms with Crippen molar-refractivity contribution in [3.8, 4) is 0 Å². The van der Waals surface area contributed by atoms with Crippen LogP contribution >= 0.6 is 0 Å². The van der Waals surface area contributed by atoms with Crippen LogP contribution in [0.15, 0.2) is 0 Å². The summed E-state index contributed by atoms with van der Waals surface area (Å²) in [7, 11) is 0. The van der Waals surface area contributed by atoms with Gasteiger partial charge in [0.15, 0.2) is 0 Å². The first-order valence-electron chi connectivity index (χ1n) is 6.17. The fourth-order valence-electron chi connectivity index (χ4n) is 2.67. The molecule has 90 valence electrons. The van der Waals surface area contributed by atoms with Gasteiger partial charge in [0.05, 0.1) is 12.6 Å². The number of aldehydes is 1. The summed E-state index contributed by atoms with van der Waals surface area (Å²) in [4.78, 5) is 22.0. The predicted molar refractivity (Wildman–Crippen MR) is 58.9 cm³/mol. The van der Waals surface area contributed by atoms with Crippen molar-refractivity contribution in [2.45, 2.75) is 50.7 Å². The number of carbonyl (C=O) groups excluding carboxylic acids is 2. The van der Waals surface area contributed by atoms with Crippen LogP contribution < -0.4 is 5.32 Å². The monoisotopic (exact) mass is 225 g/mol. The van der Waals surface area contributed by atoms with Crippen LogP contribution in [0.2, 0.25) is 0 Å². The zero-order valence-corrected chi connectivity index (χ0v) is 9.48. The minimum Gasteiger partial charge on any atom is -0.366 e. The average molecular weight is 225 g/mol. The predicted octanol–water partition coefficient (Wildman–Crippen LogP) is 1.04. The molecular weight excluding hydrogens is 206 g/mol. The van der Waals surface area contributed by atoms with Gasteiger partial charge in [-0.3, -0.25) is 4.79 Å². The molecule has 4 heteroatoms. The smallest absolute Gasteiger partial charge is 0.249 e. The second-order valence-electron chi connectivity index (χ2n) is 4.74. The Morgan fingerprint density at radius 3 is 2.69 bits per heavy atom. The first-order chi connectivity index (χ1) is 7.81. The molecule has 1 amide bonds. The summed E-state index contributed by atoms with van der Waals surface area (Å²) in [5.74, 6) is 0.448. The van der Waals surface area contributed by atoms with Crippen molar-refractivity contribution in [3.63, 3.8) is 0 Å². The van der Waals surface area contributed by atoms with E-state index < -0.39 is 6.10 Å². The van der Waals surface area contributed by atoms with E-state index in [0.29, 0.717) is 12.5 Å². The Morgan fingerprint density at radius 2 is 2.06 bits per heavy atom. The molecule has 0 unspecified atom stereocenters. The van der Waals surface area contributed by atoms with Crippen LogP contribution in [0.5, 0.6) is 0 Å². The summed E-state index contributed by atoms with van der Waals surface area (Å²) >= 11 is 0. The molecule has 2 atom stereocenters. The molecule has 0 radical (unpaired) electrons. The molecule has 0 bridgehead atoms. The van der Waals surface area contributed by atoms with Crippen molar-refractivity contribution in [2.75, 3.05) is 6.61 Å². The van der Waals surface area contributed by atoms with Gasteiger partial charge in [0.2, 0.25) is 5.91 Å². The van der Waals surface area contributed by atoms with Crippen molar-refractivity contribution >= 4 is 12.2 Å². The topological polar surface area (TPSA) is 55.4 Å². The Bertz CT molecular complexity index is 261. The third-order valence-electron chi connectivity index (χ3n) is 3.63. The van der Waals surface area contributed by atoms with Crippen LogP contribution in [0.1, 0.15) is 38.5 Å². The van der Waals surface area contributed by atoms with Gasteiger partial charge in [0, 0.05) is 6.42 Å². The summed E-state index contributed by atoms with van der Waals surface area (Å²) in [6.07, 6.45) is 6.56. The molecule has 1 saturated carbocycles. The quantitative estimate of drug-likeness (QED) is 0.730. The number of amides is 1. The van der Waals surface area contributed by atoms with Crippen molar-refractivity contribution in [2.24, 2.45) is 5.92 Å². The maximum atomic E-state index is 11.6. The van der Waals surface area contributed by atoms with E-state index in [1.165, 1.54) is 32.1 Å². The summed E-state index contributed by atoms with van der Waals surface area (Å²) in [5, 5.41) is 3.00. The lowest BCUT2D eigenvalue weighted by Crippen LogP contribution is -2.54. The lowest BCUT2D eigenvalue weighted by Gasteiger charge is -2.35. The molecule has 1 saturated heterocycles. The maximum Gasteiger partial charge on any atom is 0.249 e. The lowest BCUT2D eigenvalue weighted by atomic mass is 9.83. The van der Waals surface area contributed by atoms with Crippen LogP contribution in [-0.2, 0) is 14.3 Å². The highest BCUT2D eigenvalue weighted by molar-refractivity contribution is 5.84. The van der Waals surface area contributed by atoms with E-state index in [4.69, 9.17) is 4.74 Å². The van der Waals surface area contributed by atoms with Gasteiger partial charge in [0.25, 0.3) is 0 Å². The molecule has 4 nitrogen and oxygen atoms in total. The Balaban J connectivity index is 1.86. The van der Waals surface area contributed by atoms with Gasteiger partial charge in [-0.05, 0) is 18.8 Å². The molecule has 0 aromatic rings. The highest BCUT2D eigenvalue weighted by atomic mass is 16.5. The Hall–Kier alpha value is -0.900. The second-order valence-corrected chi connectivity index (χ2v) is 4.74. The van der Waals surface area contributed by atoms with Gasteiger partial charge in [-0.25, -0.2) is 0 Å². The van der Waals surface area contributed by atoms with Crippen LogP contribution in [0.3, 0.4) is 0 Å². The lowest BCUT2D eigenvalue weighted by molar-refractivity contribution is -0.144. The third-order valence-corrected chi connectivity index (χ3v) is 3.63. The Labute approximate surface area is 95.7 Å². The number of rotatable bonds is 3. The van der Waals surface area contributed by atoms with Crippen LogP contribution in [-0.4, -0.2) is 30.9 Å². The largest absolute Gasteiger partial charge is 0.366 e. The van der Waals surface area contributed by atoms with E-state index in [-0.39, 0.29) is 18.4 Å². The number of ether oxygens (including phenoxy) is 1. The molecule has 0 aromatic heterocycles. The van der Waals surface area contributed by atoms with Gasteiger partial charge in [-0.2, -0.15) is 0 Å². The molecule has 1 heterocycles. The molecule has 1 N–H and O–H groups in total. The van der Waals surface area contributed by atoms with Crippen LogP contribution in [0, 0.1) is 5.92 Å². The first kappa shape index (κ1) is 11.6. The number of hydrogen-bond donors (Lipinski definition) is 1. The van der Waals surface area contributed by atoms with Gasteiger partial charge in [-0.1, -0.05) is 19.3 Å². The summed E-state index contributed by atoms with van der Waals surface area (Å²) in [6, 6.07) is 0.163. The van der Waals surface area contributed by atoms with E-state index in [9.17, 15) is 9.59 Å². The third kappa shape index (κ3) is 2.61. The zero-order valence-electron chi connectivity index (χ0n) is 9.48. The minimum atomic E-state index is -0.558. The Morgan fingerprint density at radius 1 is 1.31 bits per heavy atom. The van der Waals surface area contributed by atoms with Crippen molar-refractivity contribution in [1.29, 1.82) is 0 Å². The normalized spacial score (nSPS) is 32.1. The molecule has 16 heavy (non-hydrogen) atoms. The second kappa shape index (κ2) is 5.43. The number of morpholine rings is 1. The van der Waals surface area contributed by atoms with Crippen molar-refractivity contribution in [3.05, 3.63) is 0 Å². The van der Waals surface area contributed by atoms with Crippen molar-refractivity contribution in [1.82, 2.24) is 5.32 Å². The summed E-state index contributed by atoms with van der Waals surface area (Å²) < 4.78 is 5.45. The zero-order chi connectivity index (χ0) is 11.4. The molecule has 0 aromatic carbocycles. The van der Waals surface area contributed by atoms with Gasteiger partial charge >= 0.3 is 0 Å². The summed E-state index contributed by atoms with van der Waals surface area (Å²) in [6.45, 7) is 0.564. The van der Waals surface area contributed by atoms with E-state index in [1.807, 2.05) is 0 Å². The standard InChI is InChI=1S/C12H19NO3/c14-7-6-11-12(15)13-10(8-16-11)9-4-2-1-3-5-9/h7,9-11H,1-6,8H2,(H,13,15)/t10-,11+/m0/s1. The molecule has 1 aliphatic heterocycles. The van der Waals surface area contributed by atoms with Crippen molar-refractivity contribution < 1.29 is 14.3 Å². The number of hydrogen-bond acceptors (Lipinski definition) is 3. The van der Waals surface area contributed by atoms with Crippen LogP contribution in [0.4, 0.5) is 0 Å². The SMILES string of the molecule is O=CC[C@H]1OC[C@@H](C2CCCCC2)NC1=O. The number of carbonyl (C=O) groups is 2. The molecular formula is C12H19NO3. The van der Waals surface area contributed by atoms with Crippen LogP contribution in [0.25, 0.3) is 0 Å². The Kier molecular flexibility index (Phi) is 3.93. The molecule has 1 aliphatic carbocycles. The maximum absolute atomic E-state index is 11.6. The first-order valence-corrected chi connectivity index (χ1v) is 6.17. The van der Waals surface area contributed by atoms with E-state index in [0.717, 1.165) is 6.29 Å². The molecule has 0 spiro atoms. The summed E-state index contributed by atoms with van der Waals surface area (Å²) in [5.41, 5.74) is 0. The average Bonchev–Trinajstić information content (AvgIpc) is 2.33. The minimum absolute atomic E-state index is 0.117. The fraction of sp³-hybridized carbons (Fsp3) is 0.833. The molecule has 2 aliphatic rings. The fourth-order valence-corrected chi connectivity index (χ4v) is 2.67.